The molecule has 0 saturated carbocycles. The van der Waals surface area contributed by atoms with Crippen molar-refractivity contribution in [2.24, 2.45) is 5.92 Å². The number of rotatable bonds is 5. The van der Waals surface area contributed by atoms with Crippen molar-refractivity contribution in [2.75, 3.05) is 33.4 Å². The van der Waals surface area contributed by atoms with Gasteiger partial charge in [-0.15, -0.1) is 0 Å². The van der Waals surface area contributed by atoms with Gasteiger partial charge in [0.25, 0.3) is 5.91 Å². The fraction of sp³-hybridized carbons (Fsp3) is 0.467. The van der Waals surface area contributed by atoms with Gasteiger partial charge in [0.2, 0.25) is 5.91 Å². The second kappa shape index (κ2) is 7.81. The maximum Gasteiger partial charge on any atom is 0.253 e. The molecule has 120 valence electrons. The molecule has 1 aliphatic rings. The Morgan fingerprint density at radius 3 is 2.91 bits per heavy atom. The van der Waals surface area contributed by atoms with Gasteiger partial charge in [-0.3, -0.25) is 9.59 Å². The minimum absolute atomic E-state index is 0.0542. The summed E-state index contributed by atoms with van der Waals surface area (Å²) in [6, 6.07) is 4.64. The molecule has 1 aromatic rings. The fourth-order valence-corrected chi connectivity index (χ4v) is 2.84. The van der Waals surface area contributed by atoms with Crippen LogP contribution >= 0.6 is 23.2 Å². The van der Waals surface area contributed by atoms with Crippen LogP contribution in [0.5, 0.6) is 0 Å². The van der Waals surface area contributed by atoms with Gasteiger partial charge >= 0.3 is 0 Å². The van der Waals surface area contributed by atoms with E-state index < -0.39 is 5.91 Å². The van der Waals surface area contributed by atoms with E-state index in [-0.39, 0.29) is 18.0 Å². The fourth-order valence-electron chi connectivity index (χ4n) is 2.47. The first kappa shape index (κ1) is 17.1. The number of nitrogens with zero attached hydrogens (tertiary/aromatic N) is 1. The predicted octanol–water partition coefficient (Wildman–Crippen LogP) is 2.22. The Morgan fingerprint density at radius 2 is 2.18 bits per heavy atom. The summed E-state index contributed by atoms with van der Waals surface area (Å²) in [4.78, 5) is 25.9. The van der Waals surface area contributed by atoms with Crippen molar-refractivity contribution < 1.29 is 14.3 Å². The largest absolute Gasteiger partial charge is 0.384 e. The van der Waals surface area contributed by atoms with Gasteiger partial charge in [-0.1, -0.05) is 23.2 Å². The minimum Gasteiger partial charge on any atom is -0.384 e. The molecule has 1 fully saturated rings. The molecule has 0 aliphatic carbocycles. The lowest BCUT2D eigenvalue weighted by Crippen LogP contribution is -2.39. The lowest BCUT2D eigenvalue weighted by Gasteiger charge is -2.17. The molecule has 0 bridgehead atoms. The highest BCUT2D eigenvalue weighted by atomic mass is 35.5. The first-order valence-electron chi connectivity index (χ1n) is 7.01. The van der Waals surface area contributed by atoms with Crippen LogP contribution in [0.3, 0.4) is 0 Å². The zero-order valence-corrected chi connectivity index (χ0v) is 13.8. The summed E-state index contributed by atoms with van der Waals surface area (Å²) >= 11 is 11.8. The number of hydrogen-bond donors (Lipinski definition) is 1. The number of halogens is 2. The van der Waals surface area contributed by atoms with E-state index in [4.69, 9.17) is 27.9 Å². The maximum absolute atomic E-state index is 12.1. The molecular formula is C15H18Cl2N2O3. The number of amides is 2. The van der Waals surface area contributed by atoms with E-state index >= 15 is 0 Å². The highest BCUT2D eigenvalue weighted by Crippen LogP contribution is 2.20. The van der Waals surface area contributed by atoms with Crippen LogP contribution in [0.4, 0.5) is 0 Å². The Hall–Kier alpha value is -1.30. The topological polar surface area (TPSA) is 58.6 Å². The Kier molecular flexibility index (Phi) is 6.06. The zero-order chi connectivity index (χ0) is 16.1. The van der Waals surface area contributed by atoms with Crippen LogP contribution in [0.2, 0.25) is 10.0 Å². The van der Waals surface area contributed by atoms with Crippen LogP contribution in [0.15, 0.2) is 18.2 Å². The quantitative estimate of drug-likeness (QED) is 0.890. The molecule has 1 saturated heterocycles. The average molecular weight is 345 g/mol. The van der Waals surface area contributed by atoms with Crippen molar-refractivity contribution in [1.82, 2.24) is 10.2 Å². The van der Waals surface area contributed by atoms with E-state index in [9.17, 15) is 9.59 Å². The molecule has 0 aromatic heterocycles. The Bertz CT molecular complexity index is 566. The summed E-state index contributed by atoms with van der Waals surface area (Å²) in [5.74, 6) is -0.148. The van der Waals surface area contributed by atoms with Crippen molar-refractivity contribution in [2.45, 2.75) is 6.42 Å². The molecule has 0 spiro atoms. The summed E-state index contributed by atoms with van der Waals surface area (Å²) in [5.41, 5.74) is 0.264. The van der Waals surface area contributed by atoms with Gasteiger partial charge in [-0.2, -0.15) is 0 Å². The van der Waals surface area contributed by atoms with Gasteiger partial charge in [0.05, 0.1) is 23.7 Å². The lowest BCUT2D eigenvalue weighted by atomic mass is 10.1. The van der Waals surface area contributed by atoms with E-state index in [0.717, 1.165) is 6.42 Å². The van der Waals surface area contributed by atoms with Crippen molar-refractivity contribution in [1.29, 1.82) is 0 Å². The van der Waals surface area contributed by atoms with Crippen molar-refractivity contribution in [3.8, 4) is 0 Å². The van der Waals surface area contributed by atoms with E-state index in [1.807, 2.05) is 0 Å². The summed E-state index contributed by atoms with van der Waals surface area (Å²) in [5, 5.41) is 3.31. The van der Waals surface area contributed by atoms with Crippen molar-refractivity contribution in [3.63, 3.8) is 0 Å². The van der Waals surface area contributed by atoms with Gasteiger partial charge < -0.3 is 15.0 Å². The number of methoxy groups -OCH3 is 1. The normalized spacial score (nSPS) is 17.6. The Balaban J connectivity index is 1.86. The molecule has 1 aromatic carbocycles. The smallest absolute Gasteiger partial charge is 0.253 e. The summed E-state index contributed by atoms with van der Waals surface area (Å²) in [6.07, 6.45) is 0.924. The standard InChI is InChI=1S/C15H18Cl2N2O3/c1-22-9-10-4-5-19(8-10)14(20)7-18-15(21)12-6-11(16)2-3-13(12)17/h2-3,6,10H,4-5,7-9H2,1H3,(H,18,21)/t10-/m0/s1. The van der Waals surface area contributed by atoms with Crippen LogP contribution in [0.25, 0.3) is 0 Å². The molecule has 1 N–H and O–H groups in total. The number of ether oxygens (including phenoxy) is 1. The molecule has 1 atom stereocenters. The highest BCUT2D eigenvalue weighted by molar-refractivity contribution is 6.35. The molecule has 22 heavy (non-hydrogen) atoms. The van der Waals surface area contributed by atoms with E-state index in [0.29, 0.717) is 35.7 Å². The lowest BCUT2D eigenvalue weighted by molar-refractivity contribution is -0.129. The summed E-state index contributed by atoms with van der Waals surface area (Å²) < 4.78 is 5.10. The van der Waals surface area contributed by atoms with Gasteiger partial charge in [-0.05, 0) is 24.6 Å². The molecule has 5 nitrogen and oxygen atoms in total. The number of hydrogen-bond acceptors (Lipinski definition) is 3. The minimum atomic E-state index is -0.409. The third kappa shape index (κ3) is 4.35. The van der Waals surface area contributed by atoms with Gasteiger partial charge in [0.15, 0.2) is 0 Å². The molecule has 0 unspecified atom stereocenters. The number of nitrogens with one attached hydrogen (secondary N) is 1. The SMILES string of the molecule is COC[C@H]1CCN(C(=O)CNC(=O)c2cc(Cl)ccc2Cl)C1. The first-order chi connectivity index (χ1) is 10.5. The van der Waals surface area contributed by atoms with Crippen LogP contribution in [0, 0.1) is 5.92 Å². The molecule has 0 radical (unpaired) electrons. The molecule has 1 heterocycles. The third-order valence-electron chi connectivity index (χ3n) is 3.61. The van der Waals surface area contributed by atoms with Crippen LogP contribution < -0.4 is 5.32 Å². The monoisotopic (exact) mass is 344 g/mol. The Labute approximate surface area is 139 Å². The molecule has 7 heteroatoms. The molecule has 2 rings (SSSR count). The molecular weight excluding hydrogens is 327 g/mol. The van der Waals surface area contributed by atoms with Crippen molar-refractivity contribution >= 4 is 35.0 Å². The Morgan fingerprint density at radius 1 is 1.41 bits per heavy atom. The average Bonchev–Trinajstić information content (AvgIpc) is 2.96. The first-order valence-corrected chi connectivity index (χ1v) is 7.77. The highest BCUT2D eigenvalue weighted by Gasteiger charge is 2.26. The summed E-state index contributed by atoms with van der Waals surface area (Å²) in [6.45, 7) is 1.96. The van der Waals surface area contributed by atoms with Crippen LogP contribution in [-0.4, -0.2) is 50.1 Å². The van der Waals surface area contributed by atoms with Crippen molar-refractivity contribution in [3.05, 3.63) is 33.8 Å². The second-order valence-corrected chi connectivity index (χ2v) is 6.10. The summed E-state index contributed by atoms with van der Waals surface area (Å²) in [7, 11) is 1.65. The van der Waals surface area contributed by atoms with Crippen LogP contribution in [-0.2, 0) is 9.53 Å². The number of benzene rings is 1. The molecule has 1 aliphatic heterocycles. The van der Waals surface area contributed by atoms with Gasteiger partial charge in [-0.25, -0.2) is 0 Å². The van der Waals surface area contributed by atoms with Gasteiger partial charge in [0, 0.05) is 31.1 Å². The van der Waals surface area contributed by atoms with E-state index in [1.165, 1.54) is 6.07 Å². The van der Waals surface area contributed by atoms with E-state index in [2.05, 4.69) is 5.32 Å². The number of likely N-dealkylation sites (tertiary alicyclic amines) is 1. The third-order valence-corrected chi connectivity index (χ3v) is 4.18. The number of carbonyl (C=O) groups excluding carboxylic acids is 2. The predicted molar refractivity (Wildman–Crippen MR) is 85.4 cm³/mol. The maximum atomic E-state index is 12.1. The van der Waals surface area contributed by atoms with Gasteiger partial charge in [0.1, 0.15) is 0 Å². The van der Waals surface area contributed by atoms with E-state index in [1.54, 1.807) is 24.1 Å². The second-order valence-electron chi connectivity index (χ2n) is 5.26. The zero-order valence-electron chi connectivity index (χ0n) is 12.3. The van der Waals surface area contributed by atoms with Crippen LogP contribution in [0.1, 0.15) is 16.8 Å². The number of carbonyl (C=O) groups is 2. The molecule has 2 amide bonds.